The summed E-state index contributed by atoms with van der Waals surface area (Å²) in [4.78, 5) is 29.1. The molecule has 0 aromatic rings. The van der Waals surface area contributed by atoms with E-state index in [-0.39, 0.29) is 30.3 Å². The highest BCUT2D eigenvalue weighted by molar-refractivity contribution is 5.69. The number of ether oxygens (including phenoxy) is 3. The molecule has 184 valence electrons. The number of esters is 1. The second kappa shape index (κ2) is 11.7. The fraction of sp³-hybridized carbons (Fsp3) is 0.917. The van der Waals surface area contributed by atoms with Crippen LogP contribution in [0.4, 0.5) is 4.79 Å². The van der Waals surface area contributed by atoms with Gasteiger partial charge in [-0.05, 0) is 78.4 Å². The molecule has 1 N–H and O–H groups in total. The van der Waals surface area contributed by atoms with Crippen molar-refractivity contribution in [3.63, 3.8) is 0 Å². The maximum atomic E-state index is 12.2. The van der Waals surface area contributed by atoms with Crippen molar-refractivity contribution >= 4 is 12.1 Å². The van der Waals surface area contributed by atoms with Crippen LogP contribution in [0.15, 0.2) is 0 Å². The minimum absolute atomic E-state index is 0.0303. The van der Waals surface area contributed by atoms with E-state index in [1.54, 1.807) is 7.11 Å². The summed E-state index contributed by atoms with van der Waals surface area (Å²) in [6.07, 6.45) is 6.33. The molecule has 4 fully saturated rings. The molecule has 8 heteroatoms. The average Bonchev–Trinajstić information content (AvgIpc) is 2.74. The first kappa shape index (κ1) is 25.2. The largest absolute Gasteiger partial charge is 0.461 e. The number of carbonyl (C=O) groups excluding carboxylic acids is 2. The molecule has 1 amide bonds. The van der Waals surface area contributed by atoms with E-state index in [1.165, 1.54) is 12.8 Å². The van der Waals surface area contributed by atoms with Gasteiger partial charge in [0.25, 0.3) is 0 Å². The zero-order chi connectivity index (χ0) is 23.1. The second-order valence-corrected chi connectivity index (χ2v) is 10.6. The summed E-state index contributed by atoms with van der Waals surface area (Å²) in [6.45, 7) is 11.5. The summed E-state index contributed by atoms with van der Waals surface area (Å²) in [5.41, 5.74) is -0.506. The van der Waals surface area contributed by atoms with E-state index in [4.69, 9.17) is 14.2 Å². The number of likely N-dealkylation sites (tertiary alicyclic amines) is 1. The number of hydrogen-bond acceptors (Lipinski definition) is 7. The Morgan fingerprint density at radius 3 is 2.34 bits per heavy atom. The van der Waals surface area contributed by atoms with E-state index in [0.29, 0.717) is 12.3 Å². The van der Waals surface area contributed by atoms with Gasteiger partial charge in [0.15, 0.2) is 0 Å². The number of fused-ring (bicyclic) bond motifs is 3. The number of methoxy groups -OCH3 is 1. The van der Waals surface area contributed by atoms with Crippen LogP contribution in [0.2, 0.25) is 0 Å². The van der Waals surface area contributed by atoms with Gasteiger partial charge in [-0.3, -0.25) is 9.69 Å². The van der Waals surface area contributed by atoms with Crippen LogP contribution >= 0.6 is 0 Å². The smallest absolute Gasteiger partial charge is 0.407 e. The van der Waals surface area contributed by atoms with Crippen molar-refractivity contribution in [1.82, 2.24) is 15.1 Å². The highest BCUT2D eigenvalue weighted by atomic mass is 16.6. The minimum atomic E-state index is -0.506. The maximum absolute atomic E-state index is 12.2. The van der Waals surface area contributed by atoms with Gasteiger partial charge in [0.05, 0.1) is 12.1 Å². The van der Waals surface area contributed by atoms with E-state index >= 15 is 0 Å². The Morgan fingerprint density at radius 2 is 1.72 bits per heavy atom. The fourth-order valence-corrected chi connectivity index (χ4v) is 5.10. The Balaban J connectivity index is 1.27. The van der Waals surface area contributed by atoms with Gasteiger partial charge in [-0.2, -0.15) is 0 Å². The van der Waals surface area contributed by atoms with Gasteiger partial charge < -0.3 is 24.4 Å². The lowest BCUT2D eigenvalue weighted by molar-refractivity contribution is -0.158. The zero-order valence-corrected chi connectivity index (χ0v) is 20.4. The number of rotatable bonds is 9. The van der Waals surface area contributed by atoms with E-state index in [2.05, 4.69) is 15.1 Å². The van der Waals surface area contributed by atoms with E-state index in [9.17, 15) is 9.59 Å². The molecule has 8 nitrogen and oxygen atoms in total. The van der Waals surface area contributed by atoms with Gasteiger partial charge in [0, 0.05) is 33.2 Å². The van der Waals surface area contributed by atoms with Gasteiger partial charge in [-0.1, -0.05) is 6.42 Å². The molecule has 0 unspecified atom stereocenters. The molecule has 2 bridgehead atoms. The van der Waals surface area contributed by atoms with Crippen LogP contribution in [0.25, 0.3) is 0 Å². The highest BCUT2D eigenvalue weighted by Crippen LogP contribution is 2.29. The number of unbranched alkanes of at least 4 members (excludes halogenated alkanes) is 2. The molecule has 0 aromatic heterocycles. The molecule has 0 saturated carbocycles. The number of alkyl carbamates (subject to hydrolysis) is 1. The van der Waals surface area contributed by atoms with Gasteiger partial charge >= 0.3 is 12.1 Å². The third kappa shape index (κ3) is 7.89. The zero-order valence-electron chi connectivity index (χ0n) is 20.4. The Bertz CT molecular complexity index is 615. The predicted octanol–water partition coefficient (Wildman–Crippen LogP) is 2.80. The van der Waals surface area contributed by atoms with E-state index in [1.807, 2.05) is 20.8 Å². The number of piperidine rings is 4. The van der Waals surface area contributed by atoms with Crippen LogP contribution in [-0.2, 0) is 19.0 Å². The fourth-order valence-electron chi connectivity index (χ4n) is 5.10. The molecule has 4 aliphatic rings. The third-order valence-electron chi connectivity index (χ3n) is 6.88. The van der Waals surface area contributed by atoms with Crippen LogP contribution in [0.5, 0.6) is 0 Å². The monoisotopic (exact) mass is 453 g/mol. The standard InChI is InChI=1S/C24H43N3O5/c1-24(2,3)32-23(29)25-19-11-15-26(17-21(19)30-4)12-7-5-6-8-22(28)31-20-16-27-13-9-18(20)10-14-27/h18-21H,5-17H2,1-4H3,(H,25,29)/t19-,20+,21+/m1/s1. The quantitative estimate of drug-likeness (QED) is 0.425. The van der Waals surface area contributed by atoms with Gasteiger partial charge in [0.1, 0.15) is 11.7 Å². The number of carbonyl (C=O) groups is 2. The van der Waals surface area contributed by atoms with Crippen LogP contribution in [-0.4, -0.2) is 92.1 Å². The Kier molecular flexibility index (Phi) is 9.20. The predicted molar refractivity (Wildman–Crippen MR) is 123 cm³/mol. The summed E-state index contributed by atoms with van der Waals surface area (Å²) in [5.74, 6) is 0.544. The highest BCUT2D eigenvalue weighted by Gasteiger charge is 2.36. The Morgan fingerprint density at radius 1 is 0.969 bits per heavy atom. The molecule has 0 aliphatic carbocycles. The summed E-state index contributed by atoms with van der Waals surface area (Å²) >= 11 is 0. The van der Waals surface area contributed by atoms with Crippen molar-refractivity contribution in [1.29, 1.82) is 0 Å². The van der Waals surface area contributed by atoms with Gasteiger partial charge in [-0.15, -0.1) is 0 Å². The molecule has 0 radical (unpaired) electrons. The van der Waals surface area contributed by atoms with Crippen molar-refractivity contribution in [3.05, 3.63) is 0 Å². The molecule has 3 atom stereocenters. The lowest BCUT2D eigenvalue weighted by atomic mass is 9.86. The normalized spacial score (nSPS) is 30.7. The van der Waals surface area contributed by atoms with Crippen molar-refractivity contribution in [3.8, 4) is 0 Å². The number of nitrogens with one attached hydrogen (secondary N) is 1. The van der Waals surface area contributed by atoms with E-state index in [0.717, 1.165) is 65.0 Å². The van der Waals surface area contributed by atoms with Crippen LogP contribution in [0.3, 0.4) is 0 Å². The minimum Gasteiger partial charge on any atom is -0.461 e. The number of hydrogen-bond donors (Lipinski definition) is 1. The van der Waals surface area contributed by atoms with E-state index < -0.39 is 5.60 Å². The van der Waals surface area contributed by atoms with Crippen LogP contribution in [0.1, 0.15) is 65.7 Å². The van der Waals surface area contributed by atoms with Crippen molar-refractivity contribution in [2.24, 2.45) is 5.92 Å². The van der Waals surface area contributed by atoms with Gasteiger partial charge in [0.2, 0.25) is 0 Å². The topological polar surface area (TPSA) is 80.3 Å². The Labute approximate surface area is 193 Å². The SMILES string of the molecule is CO[C@H]1CN(CCCCCC(=O)O[C@H]2CN3CCC2CC3)CC[C@H]1NC(=O)OC(C)(C)C. The number of nitrogens with zero attached hydrogens (tertiary/aromatic N) is 2. The first-order valence-corrected chi connectivity index (χ1v) is 12.4. The molecule has 4 heterocycles. The molecule has 0 aromatic carbocycles. The van der Waals surface area contributed by atoms with Crippen LogP contribution in [0, 0.1) is 5.92 Å². The van der Waals surface area contributed by atoms with Crippen molar-refractivity contribution < 1.29 is 23.8 Å². The molecule has 4 saturated heterocycles. The molecule has 32 heavy (non-hydrogen) atoms. The average molecular weight is 454 g/mol. The summed E-state index contributed by atoms with van der Waals surface area (Å²) < 4.78 is 16.8. The third-order valence-corrected chi connectivity index (χ3v) is 6.88. The summed E-state index contributed by atoms with van der Waals surface area (Å²) in [5, 5.41) is 2.96. The van der Waals surface area contributed by atoms with Crippen LogP contribution < -0.4 is 5.32 Å². The first-order chi connectivity index (χ1) is 15.2. The maximum Gasteiger partial charge on any atom is 0.407 e. The molecule has 4 rings (SSSR count). The van der Waals surface area contributed by atoms with Crippen molar-refractivity contribution in [2.75, 3.05) is 46.4 Å². The lowest BCUT2D eigenvalue weighted by Gasteiger charge is -2.43. The number of amides is 1. The first-order valence-electron chi connectivity index (χ1n) is 12.4. The molecular weight excluding hydrogens is 410 g/mol. The second-order valence-electron chi connectivity index (χ2n) is 10.6. The summed E-state index contributed by atoms with van der Waals surface area (Å²) in [6, 6.07) is -0.0350. The molecule has 4 aliphatic heterocycles. The lowest BCUT2D eigenvalue weighted by Crippen LogP contribution is -2.55. The van der Waals surface area contributed by atoms with Crippen molar-refractivity contribution in [2.45, 2.75) is 89.6 Å². The molecular formula is C24H43N3O5. The Hall–Kier alpha value is -1.38. The molecule has 0 spiro atoms. The van der Waals surface area contributed by atoms with Gasteiger partial charge in [-0.25, -0.2) is 4.79 Å². The summed E-state index contributed by atoms with van der Waals surface area (Å²) in [7, 11) is 1.69.